The van der Waals surface area contributed by atoms with Gasteiger partial charge in [0.15, 0.2) is 0 Å². The number of aliphatic hydroxyl groups is 1. The number of nitrogens with zero attached hydrogens (tertiary/aromatic N) is 1. The zero-order valence-corrected chi connectivity index (χ0v) is 12.9. The van der Waals surface area contributed by atoms with Crippen molar-refractivity contribution >= 4 is 5.91 Å². The Labute approximate surface area is 117 Å². The Kier molecular flexibility index (Phi) is 6.80. The van der Waals surface area contributed by atoms with Gasteiger partial charge in [0.05, 0.1) is 6.61 Å². The van der Waals surface area contributed by atoms with E-state index in [0.29, 0.717) is 36.8 Å². The quantitative estimate of drug-likeness (QED) is 0.769. The lowest BCUT2D eigenvalue weighted by molar-refractivity contribution is -0.134. The summed E-state index contributed by atoms with van der Waals surface area (Å²) < 4.78 is 0. The predicted octanol–water partition coefficient (Wildman–Crippen LogP) is 1.49. The van der Waals surface area contributed by atoms with Gasteiger partial charge in [-0.15, -0.1) is 0 Å². The molecule has 1 aliphatic heterocycles. The van der Waals surface area contributed by atoms with Gasteiger partial charge in [0.2, 0.25) is 5.91 Å². The topological polar surface area (TPSA) is 52.6 Å². The maximum absolute atomic E-state index is 12.2. The average molecular weight is 270 g/mol. The van der Waals surface area contributed by atoms with Gasteiger partial charge in [-0.1, -0.05) is 27.7 Å². The third-order valence-corrected chi connectivity index (χ3v) is 3.91. The molecule has 1 aliphatic rings. The van der Waals surface area contributed by atoms with Crippen LogP contribution in [0.15, 0.2) is 0 Å². The molecule has 4 nitrogen and oxygen atoms in total. The van der Waals surface area contributed by atoms with E-state index < -0.39 is 0 Å². The number of rotatable bonds is 6. The highest BCUT2D eigenvalue weighted by atomic mass is 16.3. The van der Waals surface area contributed by atoms with E-state index >= 15 is 0 Å². The summed E-state index contributed by atoms with van der Waals surface area (Å²) in [4.78, 5) is 14.3. The summed E-state index contributed by atoms with van der Waals surface area (Å²) in [7, 11) is 0. The van der Waals surface area contributed by atoms with Crippen LogP contribution in [0.1, 0.15) is 40.5 Å². The number of amides is 1. The van der Waals surface area contributed by atoms with Crippen molar-refractivity contribution in [3.63, 3.8) is 0 Å². The molecule has 2 N–H and O–H groups in total. The van der Waals surface area contributed by atoms with Crippen molar-refractivity contribution in [2.24, 2.45) is 17.8 Å². The molecule has 0 aromatic rings. The van der Waals surface area contributed by atoms with Crippen molar-refractivity contribution in [2.75, 3.05) is 26.2 Å². The SMILES string of the molecule is CC(C)CC(=O)N1CC(NCCO)CC(C(C)C)C1. The summed E-state index contributed by atoms with van der Waals surface area (Å²) in [5.41, 5.74) is 0. The minimum Gasteiger partial charge on any atom is -0.395 e. The number of hydrogen-bond donors (Lipinski definition) is 2. The number of carbonyl (C=O) groups is 1. The van der Waals surface area contributed by atoms with Gasteiger partial charge in [-0.2, -0.15) is 0 Å². The molecule has 0 radical (unpaired) electrons. The van der Waals surface area contributed by atoms with E-state index in [1.54, 1.807) is 0 Å². The summed E-state index contributed by atoms with van der Waals surface area (Å²) in [5.74, 6) is 1.83. The van der Waals surface area contributed by atoms with Crippen molar-refractivity contribution in [1.29, 1.82) is 0 Å². The van der Waals surface area contributed by atoms with E-state index in [1.807, 2.05) is 4.90 Å². The average Bonchev–Trinajstić information content (AvgIpc) is 2.35. The summed E-state index contributed by atoms with van der Waals surface area (Å²) in [6.45, 7) is 11.1. The molecule has 19 heavy (non-hydrogen) atoms. The molecule has 0 bridgehead atoms. The Bertz CT molecular complexity index is 279. The molecule has 1 amide bonds. The molecule has 0 aliphatic carbocycles. The van der Waals surface area contributed by atoms with Crippen LogP contribution < -0.4 is 5.32 Å². The Hall–Kier alpha value is -0.610. The molecular weight excluding hydrogens is 240 g/mol. The minimum atomic E-state index is 0.156. The van der Waals surface area contributed by atoms with E-state index in [-0.39, 0.29) is 12.5 Å². The lowest BCUT2D eigenvalue weighted by Crippen LogP contribution is -2.52. The highest BCUT2D eigenvalue weighted by Crippen LogP contribution is 2.24. The number of aliphatic hydroxyl groups excluding tert-OH is 1. The molecule has 112 valence electrons. The molecule has 0 aromatic heterocycles. The Balaban J connectivity index is 2.61. The first-order valence-corrected chi connectivity index (χ1v) is 7.56. The molecule has 0 aromatic carbocycles. The zero-order chi connectivity index (χ0) is 14.4. The van der Waals surface area contributed by atoms with Gasteiger partial charge >= 0.3 is 0 Å². The summed E-state index contributed by atoms with van der Waals surface area (Å²) in [6, 6.07) is 0.324. The second-order valence-electron chi connectivity index (χ2n) is 6.51. The van der Waals surface area contributed by atoms with Gasteiger partial charge in [-0.3, -0.25) is 4.79 Å². The van der Waals surface area contributed by atoms with E-state index in [1.165, 1.54) is 0 Å². The highest BCUT2D eigenvalue weighted by Gasteiger charge is 2.31. The van der Waals surface area contributed by atoms with Crippen LogP contribution in [0.25, 0.3) is 0 Å². The van der Waals surface area contributed by atoms with Gasteiger partial charge in [0.1, 0.15) is 0 Å². The van der Waals surface area contributed by atoms with Crippen LogP contribution in [0.4, 0.5) is 0 Å². The molecule has 2 unspecified atom stereocenters. The van der Waals surface area contributed by atoms with Crippen molar-refractivity contribution in [3.05, 3.63) is 0 Å². The first-order chi connectivity index (χ1) is 8.93. The summed E-state index contributed by atoms with van der Waals surface area (Å²) in [5, 5.41) is 12.3. The first-order valence-electron chi connectivity index (χ1n) is 7.56. The van der Waals surface area contributed by atoms with Crippen molar-refractivity contribution in [1.82, 2.24) is 10.2 Å². The molecule has 2 atom stereocenters. The van der Waals surface area contributed by atoms with Crippen LogP contribution in [0, 0.1) is 17.8 Å². The largest absolute Gasteiger partial charge is 0.395 e. The molecule has 1 saturated heterocycles. The van der Waals surface area contributed by atoms with E-state index in [0.717, 1.165) is 19.5 Å². The van der Waals surface area contributed by atoms with Crippen LogP contribution >= 0.6 is 0 Å². The molecule has 0 spiro atoms. The van der Waals surface area contributed by atoms with Gasteiger partial charge in [-0.05, 0) is 24.2 Å². The van der Waals surface area contributed by atoms with Crippen molar-refractivity contribution < 1.29 is 9.90 Å². The summed E-state index contributed by atoms with van der Waals surface area (Å²) >= 11 is 0. The highest BCUT2D eigenvalue weighted by molar-refractivity contribution is 5.76. The predicted molar refractivity (Wildman–Crippen MR) is 77.9 cm³/mol. The van der Waals surface area contributed by atoms with Gasteiger partial charge < -0.3 is 15.3 Å². The Morgan fingerprint density at radius 1 is 1.32 bits per heavy atom. The second kappa shape index (κ2) is 7.85. The molecular formula is C15H30N2O2. The Morgan fingerprint density at radius 3 is 2.53 bits per heavy atom. The number of hydrogen-bond acceptors (Lipinski definition) is 3. The smallest absolute Gasteiger partial charge is 0.222 e. The lowest BCUT2D eigenvalue weighted by atomic mass is 9.85. The fourth-order valence-electron chi connectivity index (χ4n) is 2.72. The van der Waals surface area contributed by atoms with Crippen LogP contribution in [0.3, 0.4) is 0 Å². The molecule has 1 rings (SSSR count). The third-order valence-electron chi connectivity index (χ3n) is 3.91. The summed E-state index contributed by atoms with van der Waals surface area (Å²) in [6.07, 6.45) is 1.74. The monoisotopic (exact) mass is 270 g/mol. The van der Waals surface area contributed by atoms with E-state index in [2.05, 4.69) is 33.0 Å². The molecule has 1 fully saturated rings. The van der Waals surface area contributed by atoms with Gasteiger partial charge in [-0.25, -0.2) is 0 Å². The van der Waals surface area contributed by atoms with Crippen LogP contribution in [0.5, 0.6) is 0 Å². The van der Waals surface area contributed by atoms with Crippen LogP contribution in [-0.2, 0) is 4.79 Å². The normalized spacial score (nSPS) is 24.3. The third kappa shape index (κ3) is 5.49. The minimum absolute atomic E-state index is 0.156. The maximum Gasteiger partial charge on any atom is 0.222 e. The number of nitrogens with one attached hydrogen (secondary N) is 1. The zero-order valence-electron chi connectivity index (χ0n) is 12.9. The fraction of sp³-hybridized carbons (Fsp3) is 0.933. The molecule has 0 saturated carbocycles. The van der Waals surface area contributed by atoms with E-state index in [4.69, 9.17) is 5.11 Å². The van der Waals surface area contributed by atoms with Crippen LogP contribution in [0.2, 0.25) is 0 Å². The first kappa shape index (κ1) is 16.4. The lowest BCUT2D eigenvalue weighted by Gasteiger charge is -2.40. The number of piperidine rings is 1. The maximum atomic E-state index is 12.2. The van der Waals surface area contributed by atoms with Crippen LogP contribution in [-0.4, -0.2) is 48.2 Å². The van der Waals surface area contributed by atoms with Gasteiger partial charge in [0, 0.05) is 32.1 Å². The van der Waals surface area contributed by atoms with Crippen molar-refractivity contribution in [2.45, 2.75) is 46.6 Å². The van der Waals surface area contributed by atoms with E-state index in [9.17, 15) is 4.79 Å². The second-order valence-corrected chi connectivity index (χ2v) is 6.51. The molecule has 4 heteroatoms. The van der Waals surface area contributed by atoms with Gasteiger partial charge in [0.25, 0.3) is 0 Å². The molecule has 1 heterocycles. The number of likely N-dealkylation sites (tertiary alicyclic amines) is 1. The fourth-order valence-corrected chi connectivity index (χ4v) is 2.72. The number of carbonyl (C=O) groups excluding carboxylic acids is 1. The van der Waals surface area contributed by atoms with Crippen molar-refractivity contribution in [3.8, 4) is 0 Å². The standard InChI is InChI=1S/C15H30N2O2/c1-11(2)7-15(19)17-9-13(12(3)4)8-14(10-17)16-5-6-18/h11-14,16,18H,5-10H2,1-4H3. The Morgan fingerprint density at radius 2 is 2.00 bits per heavy atom.